The largest absolute Gasteiger partial charge is 0.436 e. The number of nitrogens with one attached hydrogen (secondary N) is 2. The molecule has 0 aliphatic rings. The van der Waals surface area contributed by atoms with E-state index >= 15 is 0 Å². The zero-order valence-electron chi connectivity index (χ0n) is 18.2. The molecule has 0 saturated heterocycles. The van der Waals surface area contributed by atoms with Crippen molar-refractivity contribution < 1.29 is 17.6 Å². The number of carbonyl (C=O) groups is 1. The predicted molar refractivity (Wildman–Crippen MR) is 126 cm³/mol. The fourth-order valence-electron chi connectivity index (χ4n) is 3.34. The quantitative estimate of drug-likeness (QED) is 0.430. The molecule has 33 heavy (non-hydrogen) atoms. The first-order chi connectivity index (χ1) is 15.9. The van der Waals surface area contributed by atoms with Gasteiger partial charge in [0.2, 0.25) is 15.9 Å². The number of benzene rings is 3. The lowest BCUT2D eigenvalue weighted by Crippen LogP contribution is -2.24. The van der Waals surface area contributed by atoms with Gasteiger partial charge in [0, 0.05) is 17.7 Å². The summed E-state index contributed by atoms with van der Waals surface area (Å²) >= 11 is 0. The summed E-state index contributed by atoms with van der Waals surface area (Å²) in [5.74, 6) is 0.642. The van der Waals surface area contributed by atoms with Gasteiger partial charge in [0.05, 0.1) is 16.7 Å². The number of oxazole rings is 1. The molecule has 168 valence electrons. The van der Waals surface area contributed by atoms with Crippen LogP contribution in [0.25, 0.3) is 22.8 Å². The van der Waals surface area contributed by atoms with Crippen molar-refractivity contribution in [3.05, 3.63) is 95.7 Å². The van der Waals surface area contributed by atoms with Gasteiger partial charge in [-0.3, -0.25) is 4.79 Å². The van der Waals surface area contributed by atoms with Crippen LogP contribution < -0.4 is 10.0 Å². The second kappa shape index (κ2) is 9.40. The number of rotatable bonds is 7. The van der Waals surface area contributed by atoms with Crippen LogP contribution in [-0.4, -0.2) is 26.4 Å². The number of hydrogen-bond acceptors (Lipinski definition) is 5. The summed E-state index contributed by atoms with van der Waals surface area (Å²) in [6, 6.07) is 21.4. The van der Waals surface area contributed by atoms with E-state index in [2.05, 4.69) is 15.0 Å². The molecule has 0 aliphatic carbocycles. The first kappa shape index (κ1) is 22.4. The number of amides is 1. The smallest absolute Gasteiger partial charge is 0.252 e. The van der Waals surface area contributed by atoms with Crippen molar-refractivity contribution in [1.82, 2.24) is 15.0 Å². The molecule has 0 spiro atoms. The summed E-state index contributed by atoms with van der Waals surface area (Å²) in [6.45, 7) is 2.18. The Kier molecular flexibility index (Phi) is 6.39. The highest BCUT2D eigenvalue weighted by atomic mass is 32.2. The van der Waals surface area contributed by atoms with Crippen LogP contribution in [0.4, 0.5) is 0 Å². The number of aryl methyl sites for hydroxylation is 1. The van der Waals surface area contributed by atoms with Crippen LogP contribution in [0.2, 0.25) is 0 Å². The van der Waals surface area contributed by atoms with Crippen LogP contribution in [0.15, 0.2) is 88.3 Å². The number of carbonyl (C=O) groups excluding carboxylic acids is 1. The lowest BCUT2D eigenvalue weighted by atomic mass is 10.1. The maximum atomic E-state index is 13.0. The number of nitrogens with zero attached hydrogens (tertiary/aromatic N) is 1. The molecule has 3 aromatic carbocycles. The molecule has 4 aromatic rings. The Labute approximate surface area is 192 Å². The van der Waals surface area contributed by atoms with Crippen molar-refractivity contribution in [3.63, 3.8) is 0 Å². The second-order valence-electron chi connectivity index (χ2n) is 7.48. The van der Waals surface area contributed by atoms with Crippen LogP contribution in [0.5, 0.6) is 0 Å². The van der Waals surface area contributed by atoms with E-state index < -0.39 is 10.0 Å². The minimum absolute atomic E-state index is 0.139. The average molecular weight is 462 g/mol. The summed E-state index contributed by atoms with van der Waals surface area (Å²) in [5.41, 5.74) is 3.69. The van der Waals surface area contributed by atoms with Gasteiger partial charge in [-0.2, -0.15) is 0 Å². The Morgan fingerprint density at radius 3 is 2.52 bits per heavy atom. The zero-order chi connectivity index (χ0) is 23.4. The van der Waals surface area contributed by atoms with Crippen molar-refractivity contribution in [2.75, 3.05) is 7.05 Å². The molecule has 7 nitrogen and oxygen atoms in total. The third-order valence-electron chi connectivity index (χ3n) is 5.17. The molecular formula is C25H23N3O4S. The third-order valence-corrected chi connectivity index (χ3v) is 6.59. The first-order valence-corrected chi connectivity index (χ1v) is 11.8. The van der Waals surface area contributed by atoms with E-state index in [1.165, 1.54) is 19.2 Å². The summed E-state index contributed by atoms with van der Waals surface area (Å²) < 4.78 is 32.3. The Hall–Kier alpha value is -3.75. The molecule has 1 heterocycles. The lowest BCUT2D eigenvalue weighted by molar-refractivity contribution is 0.0951. The van der Waals surface area contributed by atoms with Gasteiger partial charge in [-0.1, -0.05) is 54.1 Å². The van der Waals surface area contributed by atoms with Gasteiger partial charge in [-0.15, -0.1) is 0 Å². The average Bonchev–Trinajstić information content (AvgIpc) is 3.33. The van der Waals surface area contributed by atoms with Crippen molar-refractivity contribution in [1.29, 1.82) is 0 Å². The van der Waals surface area contributed by atoms with E-state index in [9.17, 15) is 13.2 Å². The lowest BCUT2D eigenvalue weighted by Gasteiger charge is -2.10. The summed E-state index contributed by atoms with van der Waals surface area (Å²) in [6.07, 6.45) is 1.64. The van der Waals surface area contributed by atoms with Gasteiger partial charge in [-0.05, 0) is 43.8 Å². The minimum atomic E-state index is -3.56. The molecule has 1 amide bonds. The van der Waals surface area contributed by atoms with Gasteiger partial charge in [0.1, 0.15) is 0 Å². The molecule has 0 unspecified atom stereocenters. The van der Waals surface area contributed by atoms with Gasteiger partial charge in [0.25, 0.3) is 5.91 Å². The summed E-state index contributed by atoms with van der Waals surface area (Å²) in [4.78, 5) is 17.5. The number of sulfonamides is 1. The Bertz CT molecular complexity index is 1390. The molecule has 4 rings (SSSR count). The van der Waals surface area contributed by atoms with Crippen molar-refractivity contribution in [3.8, 4) is 22.8 Å². The standard InChI is InChI=1S/C25H23N3O4S/c1-17-10-12-19(13-11-17)23-16-28-25(32-23)22-9-4-3-8-21(22)24(29)27-15-18-6-5-7-20(14-18)33(30,31)26-2/h3-14,16,26H,15H2,1-2H3,(H,27,29). The fourth-order valence-corrected chi connectivity index (χ4v) is 4.14. The molecule has 2 N–H and O–H groups in total. The Balaban J connectivity index is 1.54. The van der Waals surface area contributed by atoms with Crippen LogP contribution in [0, 0.1) is 6.92 Å². The summed E-state index contributed by atoms with van der Waals surface area (Å²) in [5, 5.41) is 2.84. The SMILES string of the molecule is CNS(=O)(=O)c1cccc(CNC(=O)c2ccccc2-c2ncc(-c3ccc(C)cc3)o2)c1. The highest BCUT2D eigenvalue weighted by molar-refractivity contribution is 7.89. The number of hydrogen-bond donors (Lipinski definition) is 2. The molecule has 0 atom stereocenters. The van der Waals surface area contributed by atoms with Gasteiger partial charge in [0.15, 0.2) is 5.76 Å². The van der Waals surface area contributed by atoms with Gasteiger partial charge in [-0.25, -0.2) is 18.1 Å². The molecule has 0 aliphatic heterocycles. The van der Waals surface area contributed by atoms with E-state index in [0.29, 0.717) is 28.3 Å². The van der Waals surface area contributed by atoms with E-state index in [1.807, 2.05) is 37.3 Å². The van der Waals surface area contributed by atoms with Crippen molar-refractivity contribution >= 4 is 15.9 Å². The van der Waals surface area contributed by atoms with Crippen molar-refractivity contribution in [2.45, 2.75) is 18.4 Å². The predicted octanol–water partition coefficient (Wildman–Crippen LogP) is 4.16. The van der Waals surface area contributed by atoms with Gasteiger partial charge >= 0.3 is 0 Å². The normalized spacial score (nSPS) is 11.3. The fraction of sp³-hybridized carbons (Fsp3) is 0.120. The topological polar surface area (TPSA) is 101 Å². The van der Waals surface area contributed by atoms with Crippen molar-refractivity contribution in [2.24, 2.45) is 0 Å². The van der Waals surface area contributed by atoms with E-state index in [1.54, 1.807) is 36.5 Å². The highest BCUT2D eigenvalue weighted by Gasteiger charge is 2.17. The van der Waals surface area contributed by atoms with Crippen LogP contribution >= 0.6 is 0 Å². The second-order valence-corrected chi connectivity index (χ2v) is 9.37. The minimum Gasteiger partial charge on any atom is -0.436 e. The van der Waals surface area contributed by atoms with Gasteiger partial charge < -0.3 is 9.73 Å². The van der Waals surface area contributed by atoms with E-state index in [4.69, 9.17) is 4.42 Å². The molecule has 1 aromatic heterocycles. The van der Waals surface area contributed by atoms with E-state index in [-0.39, 0.29) is 17.3 Å². The third kappa shape index (κ3) is 5.02. The summed E-state index contributed by atoms with van der Waals surface area (Å²) in [7, 11) is -2.21. The Morgan fingerprint density at radius 2 is 1.76 bits per heavy atom. The molecule has 8 heteroatoms. The first-order valence-electron chi connectivity index (χ1n) is 10.3. The zero-order valence-corrected chi connectivity index (χ0v) is 19.0. The number of aromatic nitrogens is 1. The monoisotopic (exact) mass is 461 g/mol. The molecule has 0 bridgehead atoms. The molecule has 0 saturated carbocycles. The van der Waals surface area contributed by atoms with E-state index in [0.717, 1.165) is 11.1 Å². The van der Waals surface area contributed by atoms with Crippen LogP contribution in [-0.2, 0) is 16.6 Å². The molecule has 0 fully saturated rings. The maximum absolute atomic E-state index is 13.0. The van der Waals surface area contributed by atoms with Crippen LogP contribution in [0.1, 0.15) is 21.5 Å². The molecular weight excluding hydrogens is 438 g/mol. The Morgan fingerprint density at radius 1 is 1.00 bits per heavy atom. The highest BCUT2D eigenvalue weighted by Crippen LogP contribution is 2.28. The maximum Gasteiger partial charge on any atom is 0.252 e. The molecule has 0 radical (unpaired) electrons. The van der Waals surface area contributed by atoms with Crippen LogP contribution in [0.3, 0.4) is 0 Å².